The minimum Gasteiger partial charge on any atom is -0.504 e. The molecule has 0 aliphatic carbocycles. The molecule has 24 heavy (non-hydrogen) atoms. The predicted molar refractivity (Wildman–Crippen MR) is 85.6 cm³/mol. The molecule has 0 atom stereocenters. The zero-order valence-corrected chi connectivity index (χ0v) is 12.4. The van der Waals surface area contributed by atoms with Gasteiger partial charge in [0.05, 0.1) is 40.5 Å². The molecule has 0 radical (unpaired) electrons. The van der Waals surface area contributed by atoms with E-state index >= 15 is 0 Å². The summed E-state index contributed by atoms with van der Waals surface area (Å²) in [4.78, 5) is 20.6. The number of phenolic OH excluding ortho intramolecular Hbond substituents is 1. The number of rotatable bonds is 6. The van der Waals surface area contributed by atoms with E-state index in [-0.39, 0.29) is 28.4 Å². The Bertz CT molecular complexity index is 821. The van der Waals surface area contributed by atoms with Crippen LogP contribution in [0.4, 0.5) is 17.1 Å². The number of aromatic hydroxyl groups is 1. The van der Waals surface area contributed by atoms with Crippen LogP contribution in [0.1, 0.15) is 5.56 Å². The summed E-state index contributed by atoms with van der Waals surface area (Å²) in [6.07, 6.45) is 1.12. The summed E-state index contributed by atoms with van der Waals surface area (Å²) in [6, 6.07) is 7.81. The van der Waals surface area contributed by atoms with E-state index in [9.17, 15) is 25.3 Å². The van der Waals surface area contributed by atoms with Crippen molar-refractivity contribution in [1.29, 1.82) is 0 Å². The molecule has 0 bridgehead atoms. The number of benzene rings is 2. The van der Waals surface area contributed by atoms with Crippen LogP contribution in [-0.4, -0.2) is 28.3 Å². The first-order chi connectivity index (χ1) is 11.4. The molecule has 2 aromatic carbocycles. The highest BCUT2D eigenvalue weighted by Crippen LogP contribution is 2.32. The van der Waals surface area contributed by atoms with Crippen LogP contribution in [-0.2, 0) is 0 Å². The SMILES string of the molecule is COc1cc([N+](=O)[O-])c(C=NNc2cccc([N+](=O)[O-])c2)cc1O. The summed E-state index contributed by atoms with van der Waals surface area (Å²) >= 11 is 0. The molecule has 0 saturated carbocycles. The number of nitrogens with zero attached hydrogens (tertiary/aromatic N) is 3. The maximum absolute atomic E-state index is 11.1. The Kier molecular flexibility index (Phi) is 4.90. The topological polar surface area (TPSA) is 140 Å². The number of methoxy groups -OCH3 is 1. The first kappa shape index (κ1) is 16.7. The Morgan fingerprint density at radius 2 is 1.96 bits per heavy atom. The van der Waals surface area contributed by atoms with E-state index in [4.69, 9.17) is 4.74 Å². The molecular formula is C14H12N4O6. The van der Waals surface area contributed by atoms with E-state index < -0.39 is 9.85 Å². The minimum atomic E-state index is -0.642. The second-order valence-electron chi connectivity index (χ2n) is 4.52. The second kappa shape index (κ2) is 7.05. The number of nitrogens with one attached hydrogen (secondary N) is 1. The van der Waals surface area contributed by atoms with Crippen molar-refractivity contribution in [1.82, 2.24) is 0 Å². The second-order valence-corrected chi connectivity index (χ2v) is 4.52. The molecule has 0 unspecified atom stereocenters. The highest BCUT2D eigenvalue weighted by atomic mass is 16.6. The van der Waals surface area contributed by atoms with Gasteiger partial charge >= 0.3 is 0 Å². The Hall–Kier alpha value is -3.69. The maximum atomic E-state index is 11.1. The number of non-ortho nitro benzene ring substituents is 1. The van der Waals surface area contributed by atoms with Gasteiger partial charge < -0.3 is 9.84 Å². The van der Waals surface area contributed by atoms with Crippen molar-refractivity contribution < 1.29 is 19.7 Å². The maximum Gasteiger partial charge on any atom is 0.282 e. The van der Waals surface area contributed by atoms with Crippen LogP contribution in [0.3, 0.4) is 0 Å². The van der Waals surface area contributed by atoms with Crippen molar-refractivity contribution in [3.8, 4) is 11.5 Å². The third-order valence-corrected chi connectivity index (χ3v) is 2.98. The number of hydrogen-bond acceptors (Lipinski definition) is 8. The van der Waals surface area contributed by atoms with E-state index in [1.54, 1.807) is 6.07 Å². The van der Waals surface area contributed by atoms with Gasteiger partial charge in [-0.1, -0.05) is 6.07 Å². The largest absolute Gasteiger partial charge is 0.504 e. The van der Waals surface area contributed by atoms with Crippen molar-refractivity contribution >= 4 is 23.3 Å². The number of nitro groups is 2. The number of hydrogen-bond donors (Lipinski definition) is 2. The third kappa shape index (κ3) is 3.74. The van der Waals surface area contributed by atoms with Gasteiger partial charge in [0.1, 0.15) is 0 Å². The van der Waals surface area contributed by atoms with Gasteiger partial charge in [-0.3, -0.25) is 25.7 Å². The molecule has 0 spiro atoms. The van der Waals surface area contributed by atoms with E-state index in [1.165, 1.54) is 25.3 Å². The van der Waals surface area contributed by atoms with Crippen LogP contribution < -0.4 is 10.2 Å². The standard InChI is InChI=1S/C14H12N4O6/c1-24-14-7-12(18(22)23)9(5-13(14)19)8-15-16-10-3-2-4-11(6-10)17(20)21/h2-8,16,19H,1H3. The summed E-state index contributed by atoms with van der Waals surface area (Å²) in [5.74, 6) is -0.314. The molecule has 10 heteroatoms. The molecule has 0 aliphatic heterocycles. The van der Waals surface area contributed by atoms with Gasteiger partial charge in [-0.25, -0.2) is 0 Å². The molecule has 2 aromatic rings. The zero-order chi connectivity index (χ0) is 17.7. The van der Waals surface area contributed by atoms with Crippen molar-refractivity contribution in [2.24, 2.45) is 5.10 Å². The fourth-order valence-corrected chi connectivity index (χ4v) is 1.86. The average molecular weight is 332 g/mol. The van der Waals surface area contributed by atoms with Gasteiger partial charge in [0.15, 0.2) is 11.5 Å². The predicted octanol–water partition coefficient (Wildman–Crippen LogP) is 2.66. The first-order valence-corrected chi connectivity index (χ1v) is 6.51. The van der Waals surface area contributed by atoms with E-state index in [0.29, 0.717) is 5.69 Å². The first-order valence-electron chi connectivity index (χ1n) is 6.51. The smallest absolute Gasteiger partial charge is 0.282 e. The summed E-state index contributed by atoms with van der Waals surface area (Å²) in [6.45, 7) is 0. The van der Waals surface area contributed by atoms with Crippen LogP contribution in [0, 0.1) is 20.2 Å². The highest BCUT2D eigenvalue weighted by molar-refractivity contribution is 5.87. The summed E-state index contributed by atoms with van der Waals surface area (Å²) in [7, 11) is 1.27. The highest BCUT2D eigenvalue weighted by Gasteiger charge is 2.17. The number of ether oxygens (including phenoxy) is 1. The van der Waals surface area contributed by atoms with Gasteiger partial charge in [0.2, 0.25) is 0 Å². The number of nitro benzene ring substituents is 2. The molecule has 0 aromatic heterocycles. The van der Waals surface area contributed by atoms with Gasteiger partial charge in [0, 0.05) is 12.1 Å². The van der Waals surface area contributed by atoms with Crippen LogP contribution in [0.15, 0.2) is 41.5 Å². The Labute approximate surface area is 135 Å². The molecule has 124 valence electrons. The number of anilines is 1. The van der Waals surface area contributed by atoms with Crippen molar-refractivity contribution in [3.05, 3.63) is 62.2 Å². The van der Waals surface area contributed by atoms with Gasteiger partial charge in [-0.15, -0.1) is 0 Å². The summed E-state index contributed by atoms with van der Waals surface area (Å²) < 4.78 is 4.82. The minimum absolute atomic E-state index is 0.0366. The van der Waals surface area contributed by atoms with Crippen LogP contribution in [0.2, 0.25) is 0 Å². The van der Waals surface area contributed by atoms with Crippen molar-refractivity contribution in [2.75, 3.05) is 12.5 Å². The molecular weight excluding hydrogens is 320 g/mol. The normalized spacial score (nSPS) is 10.5. The lowest BCUT2D eigenvalue weighted by Gasteiger charge is -2.05. The van der Waals surface area contributed by atoms with E-state index in [0.717, 1.165) is 18.3 Å². The third-order valence-electron chi connectivity index (χ3n) is 2.98. The molecule has 0 heterocycles. The van der Waals surface area contributed by atoms with Crippen molar-refractivity contribution in [3.63, 3.8) is 0 Å². The zero-order valence-electron chi connectivity index (χ0n) is 12.4. The quantitative estimate of drug-likeness (QED) is 0.470. The van der Waals surface area contributed by atoms with Crippen molar-refractivity contribution in [2.45, 2.75) is 0 Å². The lowest BCUT2D eigenvalue weighted by atomic mass is 10.1. The Balaban J connectivity index is 2.26. The van der Waals surface area contributed by atoms with Crippen LogP contribution >= 0.6 is 0 Å². The molecule has 2 rings (SSSR count). The fraction of sp³-hybridized carbons (Fsp3) is 0.0714. The van der Waals surface area contributed by atoms with E-state index in [2.05, 4.69) is 10.5 Å². The van der Waals surface area contributed by atoms with Gasteiger partial charge in [0.25, 0.3) is 11.4 Å². The summed E-state index contributed by atoms with van der Waals surface area (Å²) in [5.41, 5.74) is 2.47. The molecule has 0 aliphatic rings. The molecule has 0 amide bonds. The average Bonchev–Trinajstić information content (AvgIpc) is 2.55. The fourth-order valence-electron chi connectivity index (χ4n) is 1.86. The van der Waals surface area contributed by atoms with Gasteiger partial charge in [-0.05, 0) is 12.1 Å². The lowest BCUT2D eigenvalue weighted by Crippen LogP contribution is -1.98. The van der Waals surface area contributed by atoms with E-state index in [1.807, 2.05) is 0 Å². The number of hydrazone groups is 1. The molecule has 0 fully saturated rings. The summed E-state index contributed by atoms with van der Waals surface area (Å²) in [5, 5.41) is 35.3. The van der Waals surface area contributed by atoms with Crippen LogP contribution in [0.5, 0.6) is 11.5 Å². The molecule has 0 saturated heterocycles. The monoisotopic (exact) mass is 332 g/mol. The Morgan fingerprint density at radius 3 is 2.58 bits per heavy atom. The number of phenols is 1. The van der Waals surface area contributed by atoms with Gasteiger partial charge in [-0.2, -0.15) is 5.10 Å². The lowest BCUT2D eigenvalue weighted by molar-refractivity contribution is -0.385. The Morgan fingerprint density at radius 1 is 1.21 bits per heavy atom. The van der Waals surface area contributed by atoms with Crippen LogP contribution in [0.25, 0.3) is 0 Å². The molecule has 10 nitrogen and oxygen atoms in total. The molecule has 2 N–H and O–H groups in total.